The van der Waals surface area contributed by atoms with Gasteiger partial charge in [-0.3, -0.25) is 0 Å². The molecule has 0 aliphatic carbocycles. The molecule has 2 aromatic rings. The van der Waals surface area contributed by atoms with Crippen molar-refractivity contribution in [3.63, 3.8) is 0 Å². The molecule has 0 aromatic heterocycles. The average Bonchev–Trinajstić information content (AvgIpc) is 2.83. The third-order valence-corrected chi connectivity index (χ3v) is 3.30. The van der Waals surface area contributed by atoms with E-state index in [9.17, 15) is 4.79 Å². The van der Waals surface area contributed by atoms with Crippen LogP contribution in [0.3, 0.4) is 0 Å². The highest BCUT2D eigenvalue weighted by molar-refractivity contribution is 5.94. The lowest BCUT2D eigenvalue weighted by atomic mass is 10.0. The summed E-state index contributed by atoms with van der Waals surface area (Å²) in [5.41, 5.74) is 2.60. The maximum Gasteiger partial charge on any atom is 0.339 e. The number of methoxy groups -OCH3 is 1. The number of fused-ring (bicyclic) bond motifs is 1. The maximum absolute atomic E-state index is 11.7. The molecule has 1 atom stereocenters. The molecule has 3 rings (SSSR count). The predicted molar refractivity (Wildman–Crippen MR) is 76.6 cm³/mol. The number of hydrogen-bond acceptors (Lipinski definition) is 3. The molecule has 100 valence electrons. The van der Waals surface area contributed by atoms with Gasteiger partial charge in [-0.25, -0.2) is 4.79 Å². The van der Waals surface area contributed by atoms with E-state index in [0.29, 0.717) is 5.56 Å². The molecule has 0 bridgehead atoms. The Morgan fingerprint density at radius 1 is 1.10 bits per heavy atom. The molecule has 20 heavy (non-hydrogen) atoms. The topological polar surface area (TPSA) is 35.5 Å². The minimum Gasteiger partial charge on any atom is -0.497 e. The third-order valence-electron chi connectivity index (χ3n) is 3.30. The summed E-state index contributed by atoms with van der Waals surface area (Å²) in [4.78, 5) is 11.7. The number of rotatable bonds is 3. The number of hydrogen-bond donors (Lipinski definition) is 0. The number of esters is 1. The summed E-state index contributed by atoms with van der Waals surface area (Å²) in [6.45, 7) is 0. The van der Waals surface area contributed by atoms with E-state index in [4.69, 9.17) is 9.47 Å². The van der Waals surface area contributed by atoms with Gasteiger partial charge in [-0.1, -0.05) is 36.4 Å². The smallest absolute Gasteiger partial charge is 0.339 e. The summed E-state index contributed by atoms with van der Waals surface area (Å²) in [5.74, 6) is 0.560. The molecule has 0 N–H and O–H groups in total. The molecule has 0 fully saturated rings. The molecule has 0 saturated heterocycles. The lowest BCUT2D eigenvalue weighted by molar-refractivity contribution is 0.0468. The molecule has 2 aromatic carbocycles. The van der Waals surface area contributed by atoms with Crippen LogP contribution in [-0.2, 0) is 4.74 Å². The highest BCUT2D eigenvalue weighted by atomic mass is 16.5. The fourth-order valence-electron chi connectivity index (χ4n) is 2.23. The summed E-state index contributed by atoms with van der Waals surface area (Å²) in [6.07, 6.45) is 3.53. The van der Waals surface area contributed by atoms with Crippen LogP contribution in [0.1, 0.15) is 27.6 Å². The van der Waals surface area contributed by atoms with E-state index >= 15 is 0 Å². The number of cyclic esters (lactones) is 1. The predicted octanol–water partition coefficient (Wildman–Crippen LogP) is 3.62. The summed E-state index contributed by atoms with van der Waals surface area (Å²) in [6, 6.07) is 15.2. The highest BCUT2D eigenvalue weighted by Gasteiger charge is 2.28. The molecule has 3 heteroatoms. The Morgan fingerprint density at radius 3 is 2.60 bits per heavy atom. The van der Waals surface area contributed by atoms with Gasteiger partial charge in [0.05, 0.1) is 12.7 Å². The van der Waals surface area contributed by atoms with Crippen LogP contribution in [-0.4, -0.2) is 13.1 Å². The Kier molecular flexibility index (Phi) is 3.25. The SMILES string of the molecule is COc1ccc(C=CC2OC(=O)c3ccccc32)cc1. The minimum atomic E-state index is -0.305. The van der Waals surface area contributed by atoms with Gasteiger partial charge < -0.3 is 9.47 Å². The maximum atomic E-state index is 11.7. The van der Waals surface area contributed by atoms with Gasteiger partial charge in [0.25, 0.3) is 0 Å². The van der Waals surface area contributed by atoms with Crippen molar-refractivity contribution >= 4 is 12.0 Å². The van der Waals surface area contributed by atoms with Crippen molar-refractivity contribution in [2.45, 2.75) is 6.10 Å². The van der Waals surface area contributed by atoms with Crippen LogP contribution in [0.15, 0.2) is 54.6 Å². The minimum absolute atomic E-state index is 0.259. The number of ether oxygens (including phenoxy) is 2. The van der Waals surface area contributed by atoms with Crippen LogP contribution in [0, 0.1) is 0 Å². The van der Waals surface area contributed by atoms with Gasteiger partial charge in [0.2, 0.25) is 0 Å². The van der Waals surface area contributed by atoms with E-state index in [1.165, 1.54) is 0 Å². The molecule has 1 aliphatic heterocycles. The number of benzene rings is 2. The van der Waals surface area contributed by atoms with Crippen LogP contribution >= 0.6 is 0 Å². The first kappa shape index (κ1) is 12.5. The summed E-state index contributed by atoms with van der Waals surface area (Å²) in [5, 5.41) is 0. The fourth-order valence-corrected chi connectivity index (χ4v) is 2.23. The molecule has 0 amide bonds. The van der Waals surface area contributed by atoms with Crippen molar-refractivity contribution in [1.82, 2.24) is 0 Å². The Balaban J connectivity index is 1.81. The molecule has 0 radical (unpaired) electrons. The molecule has 3 nitrogen and oxygen atoms in total. The molecule has 1 unspecified atom stereocenters. The van der Waals surface area contributed by atoms with Gasteiger partial charge in [-0.15, -0.1) is 0 Å². The van der Waals surface area contributed by atoms with Gasteiger partial charge in [0, 0.05) is 5.56 Å². The standard InChI is InChI=1S/C17H14O3/c1-19-13-9-6-12(7-10-13)8-11-16-14-4-2-3-5-15(14)17(18)20-16/h2-11,16H,1H3. The number of carbonyl (C=O) groups excluding carboxylic acids is 1. The van der Waals surface area contributed by atoms with Crippen LogP contribution in [0.2, 0.25) is 0 Å². The zero-order valence-electron chi connectivity index (χ0n) is 11.1. The Morgan fingerprint density at radius 2 is 1.85 bits per heavy atom. The van der Waals surface area contributed by atoms with E-state index in [2.05, 4.69) is 0 Å². The molecule has 1 heterocycles. The molecule has 0 spiro atoms. The van der Waals surface area contributed by atoms with E-state index in [1.54, 1.807) is 13.2 Å². The number of carbonyl (C=O) groups is 1. The summed E-state index contributed by atoms with van der Waals surface area (Å²) in [7, 11) is 1.64. The van der Waals surface area contributed by atoms with Crippen molar-refractivity contribution in [2.24, 2.45) is 0 Å². The van der Waals surface area contributed by atoms with E-state index < -0.39 is 0 Å². The second kappa shape index (κ2) is 5.21. The zero-order valence-corrected chi connectivity index (χ0v) is 11.1. The Bertz CT molecular complexity index is 656. The van der Waals surface area contributed by atoms with Gasteiger partial charge in [-0.05, 0) is 29.8 Å². The van der Waals surface area contributed by atoms with Crippen molar-refractivity contribution < 1.29 is 14.3 Å². The third kappa shape index (κ3) is 2.30. The Hall–Kier alpha value is -2.55. The van der Waals surface area contributed by atoms with Crippen molar-refractivity contribution in [3.8, 4) is 5.75 Å². The highest BCUT2D eigenvalue weighted by Crippen LogP contribution is 2.31. The summed E-state index contributed by atoms with van der Waals surface area (Å²) < 4.78 is 10.5. The second-order valence-electron chi connectivity index (χ2n) is 4.55. The molecule has 1 aliphatic rings. The first-order valence-corrected chi connectivity index (χ1v) is 6.40. The van der Waals surface area contributed by atoms with Crippen molar-refractivity contribution in [2.75, 3.05) is 7.11 Å². The largest absolute Gasteiger partial charge is 0.497 e. The molecule has 0 saturated carbocycles. The van der Waals surface area contributed by atoms with Crippen LogP contribution in [0.5, 0.6) is 5.75 Å². The van der Waals surface area contributed by atoms with Gasteiger partial charge >= 0.3 is 5.97 Å². The average molecular weight is 266 g/mol. The molecular weight excluding hydrogens is 252 g/mol. The zero-order chi connectivity index (χ0) is 13.9. The first-order chi connectivity index (χ1) is 9.78. The first-order valence-electron chi connectivity index (χ1n) is 6.40. The van der Waals surface area contributed by atoms with Gasteiger partial charge in [0.1, 0.15) is 11.9 Å². The Labute approximate surface area is 117 Å². The second-order valence-corrected chi connectivity index (χ2v) is 4.55. The monoisotopic (exact) mass is 266 g/mol. The fraction of sp³-hybridized carbons (Fsp3) is 0.118. The van der Waals surface area contributed by atoms with E-state index in [-0.39, 0.29) is 12.1 Å². The molecular formula is C17H14O3. The normalized spacial score (nSPS) is 17.1. The van der Waals surface area contributed by atoms with Crippen LogP contribution < -0.4 is 4.74 Å². The van der Waals surface area contributed by atoms with Crippen LogP contribution in [0.25, 0.3) is 6.08 Å². The van der Waals surface area contributed by atoms with Gasteiger partial charge in [0.15, 0.2) is 0 Å². The lowest BCUT2D eigenvalue weighted by Gasteiger charge is -2.04. The quantitative estimate of drug-likeness (QED) is 0.796. The van der Waals surface area contributed by atoms with Gasteiger partial charge in [-0.2, -0.15) is 0 Å². The van der Waals surface area contributed by atoms with E-state index in [0.717, 1.165) is 16.9 Å². The van der Waals surface area contributed by atoms with E-state index in [1.807, 2.05) is 54.6 Å². The summed E-state index contributed by atoms with van der Waals surface area (Å²) >= 11 is 0. The van der Waals surface area contributed by atoms with Crippen molar-refractivity contribution in [3.05, 3.63) is 71.3 Å². The lowest BCUT2D eigenvalue weighted by Crippen LogP contribution is -1.95. The van der Waals surface area contributed by atoms with Crippen molar-refractivity contribution in [1.29, 1.82) is 0 Å². The van der Waals surface area contributed by atoms with Crippen LogP contribution in [0.4, 0.5) is 0 Å².